The third-order valence-electron chi connectivity index (χ3n) is 3.82. The Hall–Kier alpha value is -2.17. The van der Waals surface area contributed by atoms with Gasteiger partial charge < -0.3 is 10.1 Å². The van der Waals surface area contributed by atoms with Crippen molar-refractivity contribution < 1.29 is 17.9 Å². The molecule has 1 N–H and O–H groups in total. The van der Waals surface area contributed by atoms with Gasteiger partial charge in [0.2, 0.25) is 0 Å². The highest BCUT2D eigenvalue weighted by Crippen LogP contribution is 2.42. The first-order valence-corrected chi connectivity index (χ1v) is 9.28. The van der Waals surface area contributed by atoms with Crippen LogP contribution in [-0.2, 0) is 6.18 Å². The molecule has 0 aliphatic heterocycles. The Morgan fingerprint density at radius 3 is 2.56 bits per heavy atom. The van der Waals surface area contributed by atoms with Crippen molar-refractivity contribution in [2.75, 3.05) is 19.0 Å². The molecule has 3 aromatic rings. The van der Waals surface area contributed by atoms with E-state index in [-0.39, 0.29) is 17.0 Å². The minimum absolute atomic E-state index is 0.0834. The van der Waals surface area contributed by atoms with Crippen molar-refractivity contribution in [2.45, 2.75) is 19.5 Å². The van der Waals surface area contributed by atoms with E-state index in [1.54, 1.807) is 13.1 Å². The van der Waals surface area contributed by atoms with Crippen LogP contribution >= 0.6 is 22.6 Å². The zero-order valence-electron chi connectivity index (χ0n) is 14.6. The fourth-order valence-electron chi connectivity index (χ4n) is 2.68. The second kappa shape index (κ2) is 7.83. The molecule has 1 aromatic carbocycles. The second-order valence-corrected chi connectivity index (χ2v) is 6.65. The summed E-state index contributed by atoms with van der Waals surface area (Å²) in [5, 5.41) is 3.57. The van der Waals surface area contributed by atoms with Gasteiger partial charge in [-0.3, -0.25) is 0 Å². The maximum Gasteiger partial charge on any atom is 0.417 e. The molecule has 5 nitrogen and oxygen atoms in total. The van der Waals surface area contributed by atoms with E-state index in [1.165, 1.54) is 18.2 Å². The Morgan fingerprint density at radius 1 is 1.11 bits per heavy atom. The number of hydrogen-bond donors (Lipinski definition) is 1. The maximum atomic E-state index is 13.6. The Morgan fingerprint density at radius 2 is 1.89 bits per heavy atom. The standard InChI is InChI=1S/C18H16F3IN4O/c1-3-9-27-13-6-4-5-11(18(19,20)21)14(13)12-8-7-10-15(23-2)25-17(22)26-16(10)24-12/h4-8H,3,9H2,1-2H3,(H,23,24,25,26). The second-order valence-electron chi connectivity index (χ2n) is 5.68. The predicted octanol–water partition coefficient (Wildman–Crippen LogP) is 5.15. The van der Waals surface area contributed by atoms with E-state index in [4.69, 9.17) is 4.74 Å². The van der Waals surface area contributed by atoms with Gasteiger partial charge in [-0.25, -0.2) is 15.0 Å². The van der Waals surface area contributed by atoms with E-state index in [1.807, 2.05) is 29.5 Å². The molecule has 0 unspecified atom stereocenters. The van der Waals surface area contributed by atoms with Gasteiger partial charge in [-0.1, -0.05) is 13.0 Å². The van der Waals surface area contributed by atoms with Crippen molar-refractivity contribution >= 4 is 39.4 Å². The van der Waals surface area contributed by atoms with Crippen molar-refractivity contribution in [2.24, 2.45) is 0 Å². The van der Waals surface area contributed by atoms with E-state index in [2.05, 4.69) is 20.3 Å². The SMILES string of the molecule is CCCOc1cccc(C(F)(F)F)c1-c1ccc2c(NC)nc(I)nc2n1. The van der Waals surface area contributed by atoms with Gasteiger partial charge in [-0.05, 0) is 30.7 Å². The van der Waals surface area contributed by atoms with Crippen molar-refractivity contribution in [1.82, 2.24) is 15.0 Å². The molecule has 142 valence electrons. The highest BCUT2D eigenvalue weighted by atomic mass is 127. The first-order valence-electron chi connectivity index (χ1n) is 8.20. The molecule has 0 saturated heterocycles. The molecule has 0 amide bonds. The van der Waals surface area contributed by atoms with Crippen LogP contribution in [0.3, 0.4) is 0 Å². The zero-order valence-corrected chi connectivity index (χ0v) is 16.7. The first kappa shape index (κ1) is 19.6. The van der Waals surface area contributed by atoms with Crippen LogP contribution in [-0.4, -0.2) is 28.6 Å². The van der Waals surface area contributed by atoms with Gasteiger partial charge in [0.25, 0.3) is 0 Å². The van der Waals surface area contributed by atoms with E-state index < -0.39 is 11.7 Å². The lowest BCUT2D eigenvalue weighted by Gasteiger charge is -2.17. The summed E-state index contributed by atoms with van der Waals surface area (Å²) in [6, 6.07) is 7.08. The molecule has 0 fully saturated rings. The van der Waals surface area contributed by atoms with Crippen molar-refractivity contribution in [1.29, 1.82) is 0 Å². The van der Waals surface area contributed by atoms with Gasteiger partial charge in [0, 0.05) is 29.6 Å². The number of nitrogens with zero attached hydrogens (tertiary/aromatic N) is 3. The Kier molecular flexibility index (Phi) is 5.68. The fourth-order valence-corrected chi connectivity index (χ4v) is 3.15. The number of aromatic nitrogens is 3. The van der Waals surface area contributed by atoms with Gasteiger partial charge in [-0.15, -0.1) is 0 Å². The third-order valence-corrected chi connectivity index (χ3v) is 4.30. The summed E-state index contributed by atoms with van der Waals surface area (Å²) < 4.78 is 46.9. The summed E-state index contributed by atoms with van der Waals surface area (Å²) in [6.07, 6.45) is -3.86. The number of alkyl halides is 3. The first-order chi connectivity index (χ1) is 12.8. The molecular weight excluding hydrogens is 472 g/mol. The number of ether oxygens (including phenoxy) is 1. The van der Waals surface area contributed by atoms with E-state index in [0.717, 1.165) is 6.07 Å². The number of fused-ring (bicyclic) bond motifs is 1. The van der Waals surface area contributed by atoms with E-state index in [9.17, 15) is 13.2 Å². The molecule has 3 rings (SSSR count). The zero-order chi connectivity index (χ0) is 19.6. The molecule has 0 atom stereocenters. The highest BCUT2D eigenvalue weighted by Gasteiger charge is 2.35. The molecule has 0 saturated carbocycles. The fraction of sp³-hybridized carbons (Fsp3) is 0.278. The maximum absolute atomic E-state index is 13.6. The molecule has 0 aliphatic rings. The Labute approximate surface area is 167 Å². The largest absolute Gasteiger partial charge is 0.493 e. The van der Waals surface area contributed by atoms with Crippen LogP contribution in [0.2, 0.25) is 0 Å². The van der Waals surface area contributed by atoms with Crippen molar-refractivity contribution in [3.63, 3.8) is 0 Å². The number of pyridine rings is 1. The monoisotopic (exact) mass is 488 g/mol. The summed E-state index contributed by atoms with van der Waals surface area (Å²) in [5.41, 5.74) is -0.409. The number of anilines is 1. The normalized spacial score (nSPS) is 11.6. The lowest BCUT2D eigenvalue weighted by atomic mass is 10.0. The minimum atomic E-state index is -4.53. The molecular formula is C18H16F3IN4O. The third kappa shape index (κ3) is 4.07. The van der Waals surface area contributed by atoms with Crippen LogP contribution in [0, 0.1) is 3.83 Å². The Bertz CT molecular complexity index is 979. The Balaban J connectivity index is 2.25. The predicted molar refractivity (Wildman–Crippen MR) is 106 cm³/mol. The number of hydrogen-bond acceptors (Lipinski definition) is 5. The summed E-state index contributed by atoms with van der Waals surface area (Å²) in [6.45, 7) is 2.20. The summed E-state index contributed by atoms with van der Waals surface area (Å²) in [5.74, 6) is 0.714. The smallest absolute Gasteiger partial charge is 0.417 e. The van der Waals surface area contributed by atoms with Crippen LogP contribution in [0.25, 0.3) is 22.3 Å². The topological polar surface area (TPSA) is 59.9 Å². The van der Waals surface area contributed by atoms with Crippen LogP contribution < -0.4 is 10.1 Å². The highest BCUT2D eigenvalue weighted by molar-refractivity contribution is 14.1. The lowest BCUT2D eigenvalue weighted by molar-refractivity contribution is -0.137. The average molecular weight is 488 g/mol. The minimum Gasteiger partial charge on any atom is -0.493 e. The quantitative estimate of drug-likeness (QED) is 0.398. The van der Waals surface area contributed by atoms with Gasteiger partial charge in [0.05, 0.1) is 28.8 Å². The van der Waals surface area contributed by atoms with Crippen LogP contribution in [0.4, 0.5) is 19.0 Å². The molecule has 0 bridgehead atoms. The summed E-state index contributed by atoms with van der Waals surface area (Å²) >= 11 is 1.94. The van der Waals surface area contributed by atoms with Gasteiger partial charge in [-0.2, -0.15) is 13.2 Å². The molecule has 2 heterocycles. The molecule has 0 aliphatic carbocycles. The van der Waals surface area contributed by atoms with E-state index in [0.29, 0.717) is 33.7 Å². The van der Waals surface area contributed by atoms with Crippen molar-refractivity contribution in [3.05, 3.63) is 39.7 Å². The average Bonchev–Trinajstić information content (AvgIpc) is 2.64. The van der Waals surface area contributed by atoms with Gasteiger partial charge >= 0.3 is 6.18 Å². The molecule has 9 heteroatoms. The number of nitrogens with one attached hydrogen (secondary N) is 1. The molecule has 0 radical (unpaired) electrons. The van der Waals surface area contributed by atoms with Crippen LogP contribution in [0.1, 0.15) is 18.9 Å². The van der Waals surface area contributed by atoms with Gasteiger partial charge in [0.1, 0.15) is 11.6 Å². The van der Waals surface area contributed by atoms with Gasteiger partial charge in [0.15, 0.2) is 9.48 Å². The number of rotatable bonds is 5. The molecule has 2 aromatic heterocycles. The van der Waals surface area contributed by atoms with Crippen molar-refractivity contribution in [3.8, 4) is 17.0 Å². The van der Waals surface area contributed by atoms with Crippen LogP contribution in [0.15, 0.2) is 30.3 Å². The lowest BCUT2D eigenvalue weighted by Crippen LogP contribution is -2.10. The molecule has 0 spiro atoms. The summed E-state index contributed by atoms with van der Waals surface area (Å²) in [4.78, 5) is 12.9. The van der Waals surface area contributed by atoms with E-state index >= 15 is 0 Å². The summed E-state index contributed by atoms with van der Waals surface area (Å²) in [7, 11) is 1.71. The van der Waals surface area contributed by atoms with Crippen LogP contribution in [0.5, 0.6) is 5.75 Å². The number of benzene rings is 1. The number of halogens is 4. The molecule has 27 heavy (non-hydrogen) atoms.